The smallest absolute Gasteiger partial charge is 0.161 e. The Hall–Kier alpha value is -1.52. The fourth-order valence-electron chi connectivity index (χ4n) is 1.98. The molecule has 0 aliphatic carbocycles. The molecule has 1 unspecified atom stereocenters. The first-order chi connectivity index (χ1) is 10.1. The first kappa shape index (κ1) is 15.9. The summed E-state index contributed by atoms with van der Waals surface area (Å²) in [5, 5.41) is 3.21. The first-order valence-corrected chi connectivity index (χ1v) is 7.65. The molecular weight excluding hydrogens is 330 g/mol. The number of benzene rings is 2. The summed E-state index contributed by atoms with van der Waals surface area (Å²) in [6.45, 7) is 2.63. The van der Waals surface area contributed by atoms with Gasteiger partial charge in [0, 0.05) is 10.5 Å². The quantitative estimate of drug-likeness (QED) is 0.842. The van der Waals surface area contributed by atoms with Gasteiger partial charge in [-0.1, -0.05) is 34.1 Å². The normalized spacial score (nSPS) is 12.0. The summed E-state index contributed by atoms with van der Waals surface area (Å²) in [5.74, 6) is 1.51. The molecule has 0 spiro atoms. The zero-order valence-corrected chi connectivity index (χ0v) is 14.1. The van der Waals surface area contributed by atoms with Gasteiger partial charge in [0.15, 0.2) is 11.5 Å². The molecule has 0 saturated heterocycles. The van der Waals surface area contributed by atoms with E-state index in [-0.39, 0.29) is 6.04 Å². The van der Waals surface area contributed by atoms with E-state index in [4.69, 9.17) is 9.47 Å². The van der Waals surface area contributed by atoms with E-state index in [0.29, 0.717) is 6.61 Å². The van der Waals surface area contributed by atoms with Gasteiger partial charge in [0.1, 0.15) is 6.61 Å². The Morgan fingerprint density at radius 1 is 1.10 bits per heavy atom. The average molecular weight is 350 g/mol. The number of methoxy groups -OCH3 is 1. The molecule has 21 heavy (non-hydrogen) atoms. The molecule has 112 valence electrons. The molecule has 2 aromatic rings. The van der Waals surface area contributed by atoms with Crippen LogP contribution in [0.2, 0.25) is 0 Å². The number of ether oxygens (including phenoxy) is 2. The van der Waals surface area contributed by atoms with E-state index in [2.05, 4.69) is 34.2 Å². The third-order valence-corrected chi connectivity index (χ3v) is 3.96. The first-order valence-electron chi connectivity index (χ1n) is 6.86. The lowest BCUT2D eigenvalue weighted by atomic mass is 10.1. The van der Waals surface area contributed by atoms with E-state index < -0.39 is 0 Å². The van der Waals surface area contributed by atoms with Crippen molar-refractivity contribution in [3.63, 3.8) is 0 Å². The molecule has 0 bridgehead atoms. The molecule has 0 radical (unpaired) electrons. The van der Waals surface area contributed by atoms with Crippen LogP contribution in [0.4, 0.5) is 0 Å². The van der Waals surface area contributed by atoms with Crippen LogP contribution in [0, 0.1) is 0 Å². The molecule has 0 heterocycles. The van der Waals surface area contributed by atoms with E-state index in [1.165, 1.54) is 5.56 Å². The molecule has 1 N–H and O–H groups in total. The number of halogens is 1. The van der Waals surface area contributed by atoms with Crippen molar-refractivity contribution in [3.8, 4) is 11.5 Å². The van der Waals surface area contributed by atoms with Crippen LogP contribution >= 0.6 is 15.9 Å². The minimum Gasteiger partial charge on any atom is -0.493 e. The SMILES string of the molecule is CNC(C)c1ccc(OCc2ccc(Br)cc2)c(OC)c1. The molecule has 2 aromatic carbocycles. The maximum absolute atomic E-state index is 5.86. The van der Waals surface area contributed by atoms with Gasteiger partial charge < -0.3 is 14.8 Å². The van der Waals surface area contributed by atoms with Crippen LogP contribution < -0.4 is 14.8 Å². The standard InChI is InChI=1S/C17H20BrNO2/c1-12(19-2)14-6-9-16(17(10-14)20-3)21-11-13-4-7-15(18)8-5-13/h4-10,12,19H,11H2,1-3H3. The zero-order valence-electron chi connectivity index (χ0n) is 12.5. The Kier molecular flexibility index (Phi) is 5.65. The highest BCUT2D eigenvalue weighted by Gasteiger charge is 2.09. The van der Waals surface area contributed by atoms with Gasteiger partial charge in [-0.05, 0) is 49.4 Å². The van der Waals surface area contributed by atoms with Gasteiger partial charge in [-0.25, -0.2) is 0 Å². The molecule has 0 aliphatic rings. The molecule has 0 saturated carbocycles. The van der Waals surface area contributed by atoms with Crippen LogP contribution in [0.25, 0.3) is 0 Å². The molecule has 0 aliphatic heterocycles. The summed E-state index contributed by atoms with van der Waals surface area (Å²) in [6, 6.07) is 14.4. The molecule has 2 rings (SSSR count). The Bertz CT molecular complexity index is 584. The van der Waals surface area contributed by atoms with Gasteiger partial charge in [0.05, 0.1) is 7.11 Å². The van der Waals surface area contributed by atoms with Crippen molar-refractivity contribution >= 4 is 15.9 Å². The Morgan fingerprint density at radius 2 is 1.81 bits per heavy atom. The van der Waals surface area contributed by atoms with E-state index in [1.807, 2.05) is 43.4 Å². The molecule has 0 aromatic heterocycles. The third kappa shape index (κ3) is 4.22. The number of hydrogen-bond acceptors (Lipinski definition) is 3. The average Bonchev–Trinajstić information content (AvgIpc) is 2.53. The van der Waals surface area contributed by atoms with Crippen molar-refractivity contribution in [3.05, 3.63) is 58.1 Å². The van der Waals surface area contributed by atoms with Crippen LogP contribution in [-0.4, -0.2) is 14.2 Å². The topological polar surface area (TPSA) is 30.5 Å². The summed E-state index contributed by atoms with van der Waals surface area (Å²) in [5.41, 5.74) is 2.29. The highest BCUT2D eigenvalue weighted by Crippen LogP contribution is 2.30. The number of rotatable bonds is 6. The fourth-order valence-corrected chi connectivity index (χ4v) is 2.25. The largest absolute Gasteiger partial charge is 0.493 e. The summed E-state index contributed by atoms with van der Waals surface area (Å²) in [7, 11) is 3.60. The highest BCUT2D eigenvalue weighted by atomic mass is 79.9. The molecule has 3 nitrogen and oxygen atoms in total. The van der Waals surface area contributed by atoms with Gasteiger partial charge in [-0.3, -0.25) is 0 Å². The second kappa shape index (κ2) is 7.48. The Balaban J connectivity index is 2.10. The lowest BCUT2D eigenvalue weighted by Gasteiger charge is -2.15. The summed E-state index contributed by atoms with van der Waals surface area (Å²) >= 11 is 3.43. The van der Waals surface area contributed by atoms with Gasteiger partial charge >= 0.3 is 0 Å². The van der Waals surface area contributed by atoms with Crippen LogP contribution in [0.15, 0.2) is 46.9 Å². The highest BCUT2D eigenvalue weighted by molar-refractivity contribution is 9.10. The molecule has 1 atom stereocenters. The Morgan fingerprint density at radius 3 is 2.43 bits per heavy atom. The molecule has 0 amide bonds. The van der Waals surface area contributed by atoms with E-state index in [1.54, 1.807) is 7.11 Å². The molecule has 0 fully saturated rings. The zero-order chi connectivity index (χ0) is 15.2. The monoisotopic (exact) mass is 349 g/mol. The van der Waals surface area contributed by atoms with Gasteiger partial charge in [0.2, 0.25) is 0 Å². The van der Waals surface area contributed by atoms with Crippen LogP contribution in [-0.2, 0) is 6.61 Å². The van der Waals surface area contributed by atoms with Gasteiger partial charge in [0.25, 0.3) is 0 Å². The second-order valence-electron chi connectivity index (χ2n) is 4.84. The summed E-state index contributed by atoms with van der Waals surface area (Å²) in [6.07, 6.45) is 0. The van der Waals surface area contributed by atoms with E-state index in [0.717, 1.165) is 21.5 Å². The minimum atomic E-state index is 0.277. The third-order valence-electron chi connectivity index (χ3n) is 3.43. The van der Waals surface area contributed by atoms with Crippen molar-refractivity contribution in [2.45, 2.75) is 19.6 Å². The number of nitrogens with one attached hydrogen (secondary N) is 1. The molecular formula is C17H20BrNO2. The fraction of sp³-hybridized carbons (Fsp3) is 0.294. The predicted octanol–water partition coefficient (Wildman–Crippen LogP) is 4.32. The number of hydrogen-bond donors (Lipinski definition) is 1. The van der Waals surface area contributed by atoms with Crippen LogP contribution in [0.1, 0.15) is 24.1 Å². The van der Waals surface area contributed by atoms with Crippen molar-refractivity contribution < 1.29 is 9.47 Å². The van der Waals surface area contributed by atoms with Crippen molar-refractivity contribution in [2.24, 2.45) is 0 Å². The second-order valence-corrected chi connectivity index (χ2v) is 5.75. The van der Waals surface area contributed by atoms with E-state index >= 15 is 0 Å². The molecule has 4 heteroatoms. The van der Waals surface area contributed by atoms with Crippen molar-refractivity contribution in [1.82, 2.24) is 5.32 Å². The summed E-state index contributed by atoms with van der Waals surface area (Å²) in [4.78, 5) is 0. The van der Waals surface area contributed by atoms with Crippen molar-refractivity contribution in [1.29, 1.82) is 0 Å². The van der Waals surface area contributed by atoms with E-state index in [9.17, 15) is 0 Å². The van der Waals surface area contributed by atoms with Crippen LogP contribution in [0.3, 0.4) is 0 Å². The van der Waals surface area contributed by atoms with Gasteiger partial charge in [-0.15, -0.1) is 0 Å². The summed E-state index contributed by atoms with van der Waals surface area (Å²) < 4.78 is 12.4. The predicted molar refractivity (Wildman–Crippen MR) is 88.9 cm³/mol. The lowest BCUT2D eigenvalue weighted by Crippen LogP contribution is -2.12. The van der Waals surface area contributed by atoms with Crippen molar-refractivity contribution in [2.75, 3.05) is 14.2 Å². The maximum atomic E-state index is 5.86. The lowest BCUT2D eigenvalue weighted by molar-refractivity contribution is 0.284. The minimum absolute atomic E-state index is 0.277. The van der Waals surface area contributed by atoms with Crippen LogP contribution in [0.5, 0.6) is 11.5 Å². The Labute approximate surface area is 134 Å². The maximum Gasteiger partial charge on any atom is 0.161 e. The van der Waals surface area contributed by atoms with Gasteiger partial charge in [-0.2, -0.15) is 0 Å².